The lowest BCUT2D eigenvalue weighted by atomic mass is 9.86. The number of halogens is 2. The van der Waals surface area contributed by atoms with Crippen LogP contribution >= 0.6 is 22.6 Å². The first-order valence-electron chi connectivity index (χ1n) is 5.11. The zero-order valence-corrected chi connectivity index (χ0v) is 10.5. The molecule has 0 aliphatic heterocycles. The van der Waals surface area contributed by atoms with Gasteiger partial charge in [-0.25, -0.2) is 9.18 Å². The second kappa shape index (κ2) is 5.88. The molecule has 1 rings (SSSR count). The Morgan fingerprint density at radius 1 is 1.57 bits per heavy atom. The van der Waals surface area contributed by atoms with Crippen LogP contribution in [0.25, 0.3) is 0 Å². The van der Waals surface area contributed by atoms with Crippen LogP contribution in [-0.2, 0) is 9.53 Å². The fourth-order valence-electron chi connectivity index (χ4n) is 1.84. The van der Waals surface area contributed by atoms with E-state index in [0.717, 1.165) is 25.7 Å². The van der Waals surface area contributed by atoms with Crippen molar-refractivity contribution in [3.63, 3.8) is 0 Å². The number of ether oxygens (including phenoxy) is 1. The van der Waals surface area contributed by atoms with Crippen LogP contribution in [0.2, 0.25) is 0 Å². The highest BCUT2D eigenvalue weighted by molar-refractivity contribution is 14.1. The van der Waals surface area contributed by atoms with Crippen LogP contribution in [0.4, 0.5) is 4.39 Å². The van der Waals surface area contributed by atoms with Crippen LogP contribution in [0.15, 0.2) is 0 Å². The van der Waals surface area contributed by atoms with Gasteiger partial charge in [-0.05, 0) is 19.8 Å². The third kappa shape index (κ3) is 3.07. The molecule has 4 heteroatoms. The summed E-state index contributed by atoms with van der Waals surface area (Å²) in [6, 6.07) is 0. The van der Waals surface area contributed by atoms with E-state index >= 15 is 0 Å². The first-order chi connectivity index (χ1) is 6.66. The van der Waals surface area contributed by atoms with E-state index in [0.29, 0.717) is 0 Å². The molecule has 1 aliphatic rings. The summed E-state index contributed by atoms with van der Waals surface area (Å²) in [6.07, 6.45) is 2.60. The van der Waals surface area contributed by atoms with Crippen LogP contribution in [0.5, 0.6) is 0 Å². The van der Waals surface area contributed by atoms with Gasteiger partial charge in [-0.3, -0.25) is 0 Å². The van der Waals surface area contributed by atoms with E-state index in [1.165, 1.54) is 0 Å². The first kappa shape index (κ1) is 12.2. The fourth-order valence-corrected chi connectivity index (χ4v) is 3.01. The summed E-state index contributed by atoms with van der Waals surface area (Å²) in [5.74, 6) is -0.815. The lowest BCUT2D eigenvalue weighted by Crippen LogP contribution is -2.34. The summed E-state index contributed by atoms with van der Waals surface area (Å²) < 4.78 is 18.6. The van der Waals surface area contributed by atoms with E-state index < -0.39 is 12.1 Å². The Kier molecular flexibility index (Phi) is 5.12. The highest BCUT2D eigenvalue weighted by Gasteiger charge is 2.35. The van der Waals surface area contributed by atoms with Crippen molar-refractivity contribution < 1.29 is 13.9 Å². The summed E-state index contributed by atoms with van der Waals surface area (Å²) in [5.41, 5.74) is 0. The number of esters is 1. The summed E-state index contributed by atoms with van der Waals surface area (Å²) in [4.78, 5) is 11.2. The predicted octanol–water partition coefficient (Wildman–Crippen LogP) is 2.88. The van der Waals surface area contributed by atoms with Gasteiger partial charge in [-0.1, -0.05) is 35.4 Å². The van der Waals surface area contributed by atoms with Crippen LogP contribution in [0.3, 0.4) is 0 Å². The minimum Gasteiger partial charge on any atom is -0.464 e. The number of carbonyl (C=O) groups excluding carboxylic acids is 1. The van der Waals surface area contributed by atoms with Crippen molar-refractivity contribution in [2.24, 2.45) is 5.92 Å². The van der Waals surface area contributed by atoms with Gasteiger partial charge in [0.2, 0.25) is 6.17 Å². The van der Waals surface area contributed by atoms with E-state index in [2.05, 4.69) is 27.3 Å². The normalized spacial score (nSPS) is 29.6. The number of hydrogen-bond donors (Lipinski definition) is 0. The molecule has 0 spiro atoms. The molecule has 3 unspecified atom stereocenters. The van der Waals surface area contributed by atoms with Crippen molar-refractivity contribution in [1.29, 1.82) is 0 Å². The summed E-state index contributed by atoms with van der Waals surface area (Å²) in [5, 5.41) is 0. The molecule has 0 aromatic rings. The molecular weight excluding hydrogens is 298 g/mol. The van der Waals surface area contributed by atoms with Gasteiger partial charge < -0.3 is 4.74 Å². The number of carbonyl (C=O) groups is 1. The number of alkyl halides is 2. The smallest absolute Gasteiger partial charge is 0.341 e. The largest absolute Gasteiger partial charge is 0.464 e. The molecular formula is C10H16FIO2. The minimum absolute atomic E-state index is 0.136. The molecule has 0 radical (unpaired) electrons. The highest BCUT2D eigenvalue weighted by atomic mass is 127. The predicted molar refractivity (Wildman–Crippen MR) is 61.3 cm³/mol. The summed E-state index contributed by atoms with van der Waals surface area (Å²) >= 11 is 2.25. The lowest BCUT2D eigenvalue weighted by molar-refractivity contribution is -0.151. The van der Waals surface area contributed by atoms with Crippen molar-refractivity contribution in [3.05, 3.63) is 0 Å². The van der Waals surface area contributed by atoms with Crippen molar-refractivity contribution in [2.45, 2.75) is 42.7 Å². The quantitative estimate of drug-likeness (QED) is 0.455. The van der Waals surface area contributed by atoms with Gasteiger partial charge in [-0.15, -0.1) is 0 Å². The van der Waals surface area contributed by atoms with E-state index in [1.54, 1.807) is 6.92 Å². The Bertz CT molecular complexity index is 199. The summed E-state index contributed by atoms with van der Waals surface area (Å²) in [6.45, 7) is 1.96. The molecule has 82 valence electrons. The molecule has 0 bridgehead atoms. The average Bonchev–Trinajstić information content (AvgIpc) is 2.18. The van der Waals surface area contributed by atoms with Crippen LogP contribution in [0.1, 0.15) is 32.6 Å². The van der Waals surface area contributed by atoms with Crippen LogP contribution in [-0.4, -0.2) is 22.7 Å². The van der Waals surface area contributed by atoms with E-state index in [9.17, 15) is 9.18 Å². The van der Waals surface area contributed by atoms with Crippen LogP contribution in [0, 0.1) is 5.92 Å². The molecule has 0 heterocycles. The zero-order valence-electron chi connectivity index (χ0n) is 8.34. The molecule has 3 atom stereocenters. The minimum atomic E-state index is -1.42. The molecule has 0 N–H and O–H groups in total. The first-order valence-corrected chi connectivity index (χ1v) is 6.36. The third-order valence-corrected chi connectivity index (χ3v) is 4.17. The van der Waals surface area contributed by atoms with E-state index in [1.807, 2.05) is 0 Å². The Morgan fingerprint density at radius 2 is 2.21 bits per heavy atom. The van der Waals surface area contributed by atoms with Crippen molar-refractivity contribution in [2.75, 3.05) is 6.61 Å². The molecule has 1 aliphatic carbocycles. The third-order valence-electron chi connectivity index (χ3n) is 2.62. The van der Waals surface area contributed by atoms with Crippen molar-refractivity contribution in [3.8, 4) is 0 Å². The highest BCUT2D eigenvalue weighted by Crippen LogP contribution is 2.34. The van der Waals surface area contributed by atoms with Gasteiger partial charge in [-0.2, -0.15) is 0 Å². The molecule has 2 nitrogen and oxygen atoms in total. The number of hydrogen-bond acceptors (Lipinski definition) is 2. The van der Waals surface area contributed by atoms with Gasteiger partial charge in [0.1, 0.15) is 0 Å². The van der Waals surface area contributed by atoms with Gasteiger partial charge in [0.05, 0.1) is 6.61 Å². The lowest BCUT2D eigenvalue weighted by Gasteiger charge is -2.28. The van der Waals surface area contributed by atoms with Crippen molar-refractivity contribution in [1.82, 2.24) is 0 Å². The maximum absolute atomic E-state index is 13.6. The Hall–Kier alpha value is 0.130. The molecule has 0 saturated heterocycles. The topological polar surface area (TPSA) is 26.3 Å². The van der Waals surface area contributed by atoms with Gasteiger partial charge in [0.25, 0.3) is 0 Å². The SMILES string of the molecule is CCOC(=O)C(F)C1CCCCC1I. The average molecular weight is 314 g/mol. The second-order valence-corrected chi connectivity index (χ2v) is 5.22. The molecule has 1 saturated carbocycles. The number of rotatable bonds is 3. The van der Waals surface area contributed by atoms with E-state index in [-0.39, 0.29) is 16.4 Å². The molecule has 14 heavy (non-hydrogen) atoms. The van der Waals surface area contributed by atoms with E-state index in [4.69, 9.17) is 0 Å². The van der Waals surface area contributed by atoms with Gasteiger partial charge in [0, 0.05) is 9.84 Å². The van der Waals surface area contributed by atoms with Crippen molar-refractivity contribution >= 4 is 28.6 Å². The second-order valence-electron chi connectivity index (χ2n) is 3.62. The van der Waals surface area contributed by atoms with Gasteiger partial charge >= 0.3 is 5.97 Å². The maximum Gasteiger partial charge on any atom is 0.341 e. The maximum atomic E-state index is 13.6. The van der Waals surface area contributed by atoms with Gasteiger partial charge in [0.15, 0.2) is 0 Å². The Labute approximate surface area is 97.7 Å². The fraction of sp³-hybridized carbons (Fsp3) is 0.900. The standard InChI is InChI=1S/C10H16FIO2/c1-2-14-10(13)9(11)7-5-3-4-6-8(7)12/h7-9H,2-6H2,1H3. The monoisotopic (exact) mass is 314 g/mol. The van der Waals surface area contributed by atoms with Crippen LogP contribution < -0.4 is 0 Å². The molecule has 1 fully saturated rings. The summed E-state index contributed by atoms with van der Waals surface area (Å²) in [7, 11) is 0. The molecule has 0 amide bonds. The molecule has 0 aromatic carbocycles. The Balaban J connectivity index is 2.48. The zero-order chi connectivity index (χ0) is 10.6. The Morgan fingerprint density at radius 3 is 2.79 bits per heavy atom. The molecule has 0 aromatic heterocycles.